The van der Waals surface area contributed by atoms with Gasteiger partial charge in [0.05, 0.1) is 12.3 Å². The predicted molar refractivity (Wildman–Crippen MR) is 120 cm³/mol. The topological polar surface area (TPSA) is 89.8 Å². The number of esters is 1. The predicted octanol–water partition coefficient (Wildman–Crippen LogP) is 2.79. The van der Waals surface area contributed by atoms with Crippen LogP contribution in [0.1, 0.15) is 37.7 Å². The van der Waals surface area contributed by atoms with Gasteiger partial charge in [-0.1, -0.05) is 49.6 Å². The molecule has 1 saturated carbocycles. The molecule has 2 heterocycles. The van der Waals surface area contributed by atoms with E-state index in [9.17, 15) is 10.1 Å². The molecule has 2 fully saturated rings. The van der Waals surface area contributed by atoms with Crippen molar-refractivity contribution in [2.75, 3.05) is 32.8 Å². The maximum atomic E-state index is 12.8. The minimum absolute atomic E-state index is 0.0172. The number of piperazine rings is 1. The first kappa shape index (κ1) is 21.1. The molecule has 2 N–H and O–H groups in total. The number of nitrogens with zero attached hydrogens (tertiary/aromatic N) is 3. The summed E-state index contributed by atoms with van der Waals surface area (Å²) < 4.78 is 5.57. The molecule has 0 spiro atoms. The van der Waals surface area contributed by atoms with Crippen LogP contribution in [-0.2, 0) is 9.53 Å². The monoisotopic (exact) mass is 419 g/mol. The fourth-order valence-electron chi connectivity index (χ4n) is 4.28. The number of carbonyl (C=O) groups excluding carboxylic acids is 1. The Balaban J connectivity index is 1.59. The molecule has 0 atom stereocenters. The van der Waals surface area contributed by atoms with Gasteiger partial charge in [0, 0.05) is 37.9 Å². The summed E-state index contributed by atoms with van der Waals surface area (Å²) in [4.78, 5) is 19.8. The first-order chi connectivity index (χ1) is 15.3. The maximum absolute atomic E-state index is 12.8. The standard InChI is InChI=1S/C24H29N5O2/c25-15-20(24(30)31-17-18-7-3-1-4-8-18)22-23(29-13-11-26-12-14-29)28-21(16-27-22)19-9-5-2-6-10-19/h2,5-6,9-10,16,18,26-27H,1,3-4,7-8,11-14,17H2. The van der Waals surface area contributed by atoms with Gasteiger partial charge in [-0.15, -0.1) is 0 Å². The minimum Gasteiger partial charge on any atom is -0.461 e. The summed E-state index contributed by atoms with van der Waals surface area (Å²) in [6, 6.07) is 11.9. The van der Waals surface area contributed by atoms with Crippen LogP contribution in [0.4, 0.5) is 0 Å². The van der Waals surface area contributed by atoms with Crippen LogP contribution >= 0.6 is 0 Å². The molecule has 162 valence electrons. The Labute approximate surface area is 183 Å². The van der Waals surface area contributed by atoms with E-state index in [0.29, 0.717) is 24.1 Å². The van der Waals surface area contributed by atoms with E-state index in [0.717, 1.165) is 50.3 Å². The second-order valence-electron chi connectivity index (χ2n) is 8.18. The smallest absolute Gasteiger partial charge is 0.351 e. The molecule has 2 aliphatic heterocycles. The molecule has 0 amide bonds. The van der Waals surface area contributed by atoms with Crippen molar-refractivity contribution in [3.8, 4) is 6.07 Å². The molecule has 4 rings (SSSR count). The van der Waals surface area contributed by atoms with Gasteiger partial charge in [-0.3, -0.25) is 0 Å². The molecule has 1 saturated heterocycles. The first-order valence-electron chi connectivity index (χ1n) is 11.1. The van der Waals surface area contributed by atoms with Crippen LogP contribution in [0.2, 0.25) is 0 Å². The van der Waals surface area contributed by atoms with Crippen LogP contribution in [0.15, 0.2) is 52.8 Å². The molecule has 0 bridgehead atoms. The third-order valence-electron chi connectivity index (χ3n) is 6.03. The molecule has 3 aliphatic rings. The molecule has 7 heteroatoms. The second-order valence-corrected chi connectivity index (χ2v) is 8.18. The van der Waals surface area contributed by atoms with E-state index in [1.807, 2.05) is 30.3 Å². The van der Waals surface area contributed by atoms with Gasteiger partial charge in [-0.25, -0.2) is 9.79 Å². The van der Waals surface area contributed by atoms with Gasteiger partial charge in [0.25, 0.3) is 0 Å². The van der Waals surface area contributed by atoms with Gasteiger partial charge in [0.2, 0.25) is 0 Å². The van der Waals surface area contributed by atoms with E-state index < -0.39 is 5.97 Å². The Kier molecular flexibility index (Phi) is 7.00. The fraction of sp³-hybridized carbons (Fsp3) is 0.458. The number of aliphatic imine (C=N–C) groups is 1. The number of nitrogens with one attached hydrogen (secondary N) is 2. The third kappa shape index (κ3) is 5.15. The van der Waals surface area contributed by atoms with Crippen molar-refractivity contribution in [3.63, 3.8) is 0 Å². The molecule has 0 unspecified atom stereocenters. The highest BCUT2D eigenvalue weighted by molar-refractivity contribution is 6.10. The number of amidine groups is 1. The van der Waals surface area contributed by atoms with Crippen LogP contribution in [-0.4, -0.2) is 49.5 Å². The van der Waals surface area contributed by atoms with Crippen molar-refractivity contribution in [2.45, 2.75) is 32.1 Å². The van der Waals surface area contributed by atoms with Crippen molar-refractivity contribution in [1.29, 1.82) is 5.26 Å². The maximum Gasteiger partial charge on any atom is 0.351 e. The largest absolute Gasteiger partial charge is 0.461 e. The summed E-state index contributed by atoms with van der Waals surface area (Å²) in [5.41, 5.74) is 2.15. The molecule has 0 radical (unpaired) electrons. The van der Waals surface area contributed by atoms with Crippen LogP contribution in [0, 0.1) is 17.2 Å². The first-order valence-corrected chi connectivity index (χ1v) is 11.1. The Hall–Kier alpha value is -3.11. The lowest BCUT2D eigenvalue weighted by atomic mass is 9.90. The number of hydrogen-bond donors (Lipinski definition) is 2. The van der Waals surface area contributed by atoms with Crippen molar-refractivity contribution in [3.05, 3.63) is 53.4 Å². The van der Waals surface area contributed by atoms with Gasteiger partial charge in [0.1, 0.15) is 11.8 Å². The van der Waals surface area contributed by atoms with Crippen LogP contribution < -0.4 is 10.6 Å². The number of ether oxygens (including phenoxy) is 1. The zero-order chi connectivity index (χ0) is 21.5. The number of rotatable bonds is 4. The van der Waals surface area contributed by atoms with Gasteiger partial charge >= 0.3 is 5.97 Å². The Bertz CT molecular complexity index is 917. The van der Waals surface area contributed by atoms with Crippen molar-refractivity contribution in [2.24, 2.45) is 10.9 Å². The highest BCUT2D eigenvalue weighted by Gasteiger charge is 2.28. The summed E-state index contributed by atoms with van der Waals surface area (Å²) in [6.45, 7) is 3.53. The van der Waals surface area contributed by atoms with Crippen LogP contribution in [0.25, 0.3) is 5.70 Å². The number of hydrogen-bond acceptors (Lipinski definition) is 7. The molecule has 7 nitrogen and oxygen atoms in total. The highest BCUT2D eigenvalue weighted by atomic mass is 16.5. The van der Waals surface area contributed by atoms with Crippen molar-refractivity contribution in [1.82, 2.24) is 15.5 Å². The quantitative estimate of drug-likeness (QED) is 0.443. The lowest BCUT2D eigenvalue weighted by Crippen LogP contribution is -2.49. The summed E-state index contributed by atoms with van der Waals surface area (Å²) in [7, 11) is 0. The van der Waals surface area contributed by atoms with E-state index in [2.05, 4.69) is 21.6 Å². The van der Waals surface area contributed by atoms with E-state index in [1.54, 1.807) is 6.20 Å². The minimum atomic E-state index is -0.574. The Morgan fingerprint density at radius 1 is 1.16 bits per heavy atom. The summed E-state index contributed by atoms with van der Waals surface area (Å²) in [6.07, 6.45) is 7.54. The number of nitriles is 1. The molecule has 1 aromatic carbocycles. The van der Waals surface area contributed by atoms with E-state index in [1.165, 1.54) is 19.3 Å². The molecule has 0 aromatic heterocycles. The SMILES string of the molecule is N#CC(C(=O)OCC1CCCCC1)=C1NC=C(c2ccccc2)N=C1N1CCNCC1. The van der Waals surface area contributed by atoms with Crippen molar-refractivity contribution < 1.29 is 9.53 Å². The summed E-state index contributed by atoms with van der Waals surface area (Å²) in [5, 5.41) is 16.3. The second kappa shape index (κ2) is 10.3. The molecule has 31 heavy (non-hydrogen) atoms. The van der Waals surface area contributed by atoms with Crippen LogP contribution in [0.5, 0.6) is 0 Å². The Morgan fingerprint density at radius 2 is 1.90 bits per heavy atom. The van der Waals surface area contributed by atoms with E-state index in [-0.39, 0.29) is 5.57 Å². The van der Waals surface area contributed by atoms with Gasteiger partial charge in [0.15, 0.2) is 11.4 Å². The number of benzene rings is 1. The molecular weight excluding hydrogens is 390 g/mol. The molecule has 1 aliphatic carbocycles. The summed E-state index contributed by atoms with van der Waals surface area (Å²) in [5.74, 6) is 0.442. The van der Waals surface area contributed by atoms with Gasteiger partial charge in [-0.2, -0.15) is 5.26 Å². The highest BCUT2D eigenvalue weighted by Crippen LogP contribution is 2.25. The van der Waals surface area contributed by atoms with Crippen LogP contribution in [0.3, 0.4) is 0 Å². The van der Waals surface area contributed by atoms with E-state index >= 15 is 0 Å². The zero-order valence-corrected chi connectivity index (χ0v) is 17.8. The normalized spacial score (nSPS) is 21.3. The average molecular weight is 420 g/mol. The number of carbonyl (C=O) groups is 1. The zero-order valence-electron chi connectivity index (χ0n) is 17.8. The lowest BCUT2D eigenvalue weighted by molar-refractivity contribution is -0.140. The molecular formula is C24H29N5O2. The molecule has 1 aromatic rings. The van der Waals surface area contributed by atoms with Gasteiger partial charge in [-0.05, 0) is 18.8 Å². The third-order valence-corrected chi connectivity index (χ3v) is 6.03. The van der Waals surface area contributed by atoms with E-state index in [4.69, 9.17) is 9.73 Å². The average Bonchev–Trinajstić information content (AvgIpc) is 2.85. The summed E-state index contributed by atoms with van der Waals surface area (Å²) >= 11 is 0. The fourth-order valence-corrected chi connectivity index (χ4v) is 4.28. The van der Waals surface area contributed by atoms with Crippen molar-refractivity contribution >= 4 is 17.5 Å². The Morgan fingerprint density at radius 3 is 2.61 bits per heavy atom. The van der Waals surface area contributed by atoms with Gasteiger partial charge < -0.3 is 20.3 Å². The lowest BCUT2D eigenvalue weighted by Gasteiger charge is -2.33.